The van der Waals surface area contributed by atoms with Gasteiger partial charge < -0.3 is 0 Å². The summed E-state index contributed by atoms with van der Waals surface area (Å²) in [5.41, 5.74) is -0.842. The predicted octanol–water partition coefficient (Wildman–Crippen LogP) is 0.591. The van der Waals surface area contributed by atoms with E-state index in [0.29, 0.717) is 12.8 Å². The third-order valence-electron chi connectivity index (χ3n) is 2.12. The van der Waals surface area contributed by atoms with Gasteiger partial charge in [0.15, 0.2) is 0 Å². The highest BCUT2D eigenvalue weighted by Crippen LogP contribution is 2.31. The van der Waals surface area contributed by atoms with Gasteiger partial charge in [-0.25, -0.2) is 8.42 Å². The maximum absolute atomic E-state index is 11.3. The second kappa shape index (κ2) is 3.82. The first-order valence-corrected chi connectivity index (χ1v) is 6.21. The van der Waals surface area contributed by atoms with Gasteiger partial charge in [0.2, 0.25) is 10.0 Å². The van der Waals surface area contributed by atoms with E-state index in [4.69, 9.17) is 16.9 Å². The molecule has 74 valence electrons. The Hall–Kier alpha value is -0.310. The fourth-order valence-corrected chi connectivity index (χ4v) is 2.98. The van der Waals surface area contributed by atoms with Crippen molar-refractivity contribution >= 4 is 21.6 Å². The Morgan fingerprint density at radius 2 is 2.15 bits per heavy atom. The van der Waals surface area contributed by atoms with Crippen LogP contribution < -0.4 is 4.72 Å². The third kappa shape index (κ3) is 2.56. The van der Waals surface area contributed by atoms with E-state index in [1.54, 1.807) is 0 Å². The molecule has 1 fully saturated rings. The summed E-state index contributed by atoms with van der Waals surface area (Å²) in [6, 6.07) is 2.00. The molecule has 0 atom stereocenters. The fraction of sp³-hybridized carbons (Fsp3) is 0.857. The zero-order chi connectivity index (χ0) is 9.95. The second-order valence-corrected chi connectivity index (χ2v) is 5.38. The molecule has 0 spiro atoms. The number of alkyl halides is 1. The van der Waals surface area contributed by atoms with Crippen LogP contribution in [0.25, 0.3) is 0 Å². The maximum atomic E-state index is 11.3. The first-order chi connectivity index (χ1) is 6.04. The second-order valence-electron chi connectivity index (χ2n) is 3.16. The fourth-order valence-electron chi connectivity index (χ4n) is 1.22. The Balaban J connectivity index is 2.62. The van der Waals surface area contributed by atoms with Crippen LogP contribution in [0.15, 0.2) is 0 Å². The van der Waals surface area contributed by atoms with Crippen molar-refractivity contribution in [2.75, 3.05) is 11.6 Å². The number of halogens is 1. The van der Waals surface area contributed by atoms with E-state index in [0.717, 1.165) is 6.42 Å². The highest BCUT2D eigenvalue weighted by atomic mass is 35.5. The molecule has 0 radical (unpaired) electrons. The van der Waals surface area contributed by atoms with Gasteiger partial charge in [-0.1, -0.05) is 0 Å². The first-order valence-electron chi connectivity index (χ1n) is 4.02. The molecule has 1 aliphatic rings. The molecule has 0 aromatic heterocycles. The lowest BCUT2D eigenvalue weighted by molar-refractivity contribution is 0.296. The Morgan fingerprint density at radius 1 is 1.54 bits per heavy atom. The van der Waals surface area contributed by atoms with Crippen LogP contribution in [0.2, 0.25) is 0 Å². The number of hydrogen-bond donors (Lipinski definition) is 1. The van der Waals surface area contributed by atoms with Crippen LogP contribution in [0, 0.1) is 11.3 Å². The number of nitrogens with zero attached hydrogens (tertiary/aromatic N) is 1. The van der Waals surface area contributed by atoms with E-state index in [2.05, 4.69) is 4.72 Å². The molecule has 0 unspecified atom stereocenters. The predicted molar refractivity (Wildman–Crippen MR) is 49.8 cm³/mol. The molecule has 1 N–H and O–H groups in total. The van der Waals surface area contributed by atoms with Gasteiger partial charge >= 0.3 is 0 Å². The maximum Gasteiger partial charge on any atom is 0.214 e. The number of nitrogens with one attached hydrogen (secondary N) is 1. The van der Waals surface area contributed by atoms with Gasteiger partial charge in [-0.15, -0.1) is 11.6 Å². The molecule has 13 heavy (non-hydrogen) atoms. The lowest BCUT2D eigenvalue weighted by atomic mass is 9.79. The van der Waals surface area contributed by atoms with Crippen LogP contribution in [-0.2, 0) is 10.0 Å². The summed E-state index contributed by atoms with van der Waals surface area (Å²) in [5, 5.41) is 8.76. The Bertz CT molecular complexity index is 316. The molecule has 0 amide bonds. The number of rotatable bonds is 4. The van der Waals surface area contributed by atoms with Crippen molar-refractivity contribution in [3.8, 4) is 6.07 Å². The topological polar surface area (TPSA) is 70.0 Å². The van der Waals surface area contributed by atoms with Crippen molar-refractivity contribution in [2.45, 2.75) is 24.8 Å². The Kier molecular flexibility index (Phi) is 3.17. The van der Waals surface area contributed by atoms with Crippen LogP contribution >= 0.6 is 11.6 Å². The standard InChI is InChI=1S/C7H11ClN2O2S/c8-4-5-13(11,12)10-7(6-9)2-1-3-7/h10H,1-5H2. The van der Waals surface area contributed by atoms with E-state index < -0.39 is 15.6 Å². The Labute approximate surface area is 82.9 Å². The molecule has 1 saturated carbocycles. The van der Waals surface area contributed by atoms with E-state index in [1.807, 2.05) is 6.07 Å². The van der Waals surface area contributed by atoms with Crippen molar-refractivity contribution in [3.63, 3.8) is 0 Å². The van der Waals surface area contributed by atoms with E-state index in [9.17, 15) is 8.42 Å². The molecular weight excluding hydrogens is 212 g/mol. The van der Waals surface area contributed by atoms with Crippen molar-refractivity contribution in [2.24, 2.45) is 0 Å². The molecule has 0 bridgehead atoms. The molecule has 4 nitrogen and oxygen atoms in total. The summed E-state index contributed by atoms with van der Waals surface area (Å²) in [4.78, 5) is 0. The summed E-state index contributed by atoms with van der Waals surface area (Å²) in [7, 11) is -3.37. The zero-order valence-electron chi connectivity index (χ0n) is 7.09. The first kappa shape index (κ1) is 10.8. The normalized spacial score (nSPS) is 20.3. The van der Waals surface area contributed by atoms with Gasteiger partial charge in [0.25, 0.3) is 0 Å². The smallest absolute Gasteiger partial charge is 0.212 e. The molecule has 0 aromatic rings. The van der Waals surface area contributed by atoms with Crippen LogP contribution in [0.5, 0.6) is 0 Å². The monoisotopic (exact) mass is 222 g/mol. The van der Waals surface area contributed by atoms with Gasteiger partial charge in [0, 0.05) is 5.88 Å². The number of sulfonamides is 1. The van der Waals surface area contributed by atoms with Gasteiger partial charge in [0.1, 0.15) is 5.54 Å². The highest BCUT2D eigenvalue weighted by molar-refractivity contribution is 7.89. The van der Waals surface area contributed by atoms with Gasteiger partial charge in [-0.2, -0.15) is 9.98 Å². The van der Waals surface area contributed by atoms with E-state index in [-0.39, 0.29) is 11.6 Å². The highest BCUT2D eigenvalue weighted by Gasteiger charge is 2.40. The van der Waals surface area contributed by atoms with Crippen molar-refractivity contribution in [1.82, 2.24) is 4.72 Å². The SMILES string of the molecule is N#CC1(NS(=O)(=O)CCCl)CCC1. The summed E-state index contributed by atoms with van der Waals surface area (Å²) >= 11 is 5.32. The van der Waals surface area contributed by atoms with Crippen molar-refractivity contribution in [3.05, 3.63) is 0 Å². The van der Waals surface area contributed by atoms with Crippen LogP contribution in [0.1, 0.15) is 19.3 Å². The quantitative estimate of drug-likeness (QED) is 0.708. The van der Waals surface area contributed by atoms with Gasteiger partial charge in [-0.3, -0.25) is 0 Å². The van der Waals surface area contributed by atoms with Crippen LogP contribution in [0.4, 0.5) is 0 Å². The molecule has 0 aromatic carbocycles. The lowest BCUT2D eigenvalue weighted by Gasteiger charge is -2.35. The van der Waals surface area contributed by atoms with E-state index in [1.165, 1.54) is 0 Å². The van der Waals surface area contributed by atoms with Crippen molar-refractivity contribution in [1.29, 1.82) is 5.26 Å². The minimum atomic E-state index is -3.37. The molecule has 0 heterocycles. The van der Waals surface area contributed by atoms with Crippen molar-refractivity contribution < 1.29 is 8.42 Å². The van der Waals surface area contributed by atoms with E-state index >= 15 is 0 Å². The lowest BCUT2D eigenvalue weighted by Crippen LogP contribution is -2.52. The summed E-state index contributed by atoms with van der Waals surface area (Å²) in [5.74, 6) is -0.0746. The minimum absolute atomic E-state index is 0.0524. The summed E-state index contributed by atoms with van der Waals surface area (Å²) in [6.07, 6.45) is 2.10. The Morgan fingerprint density at radius 3 is 2.46 bits per heavy atom. The van der Waals surface area contributed by atoms with Crippen LogP contribution in [-0.4, -0.2) is 25.6 Å². The molecule has 0 saturated heterocycles. The number of hydrogen-bond acceptors (Lipinski definition) is 3. The molecule has 1 rings (SSSR count). The van der Waals surface area contributed by atoms with Crippen LogP contribution in [0.3, 0.4) is 0 Å². The average molecular weight is 223 g/mol. The number of nitriles is 1. The van der Waals surface area contributed by atoms with Gasteiger partial charge in [-0.05, 0) is 19.3 Å². The summed E-state index contributed by atoms with van der Waals surface area (Å²) < 4.78 is 24.9. The summed E-state index contributed by atoms with van der Waals surface area (Å²) in [6.45, 7) is 0. The minimum Gasteiger partial charge on any atom is -0.212 e. The molecule has 0 aliphatic heterocycles. The average Bonchev–Trinajstić information content (AvgIpc) is 1.97. The van der Waals surface area contributed by atoms with Gasteiger partial charge in [0.05, 0.1) is 11.8 Å². The molecular formula is C7H11ClN2O2S. The third-order valence-corrected chi connectivity index (χ3v) is 3.97. The molecule has 6 heteroatoms. The zero-order valence-corrected chi connectivity index (χ0v) is 8.66. The molecule has 1 aliphatic carbocycles. The largest absolute Gasteiger partial charge is 0.214 e.